The maximum atomic E-state index is 12.2. The topological polar surface area (TPSA) is 57.5 Å². The lowest BCUT2D eigenvalue weighted by Gasteiger charge is -2.35. The number of hydrogen-bond acceptors (Lipinski definition) is 3. The highest BCUT2D eigenvalue weighted by molar-refractivity contribution is 5.73. The molecule has 0 fully saturated rings. The van der Waals surface area contributed by atoms with Gasteiger partial charge in [0.15, 0.2) is 0 Å². The molecule has 0 bridgehead atoms. The number of carbonyl (C=O) groups excluding carboxylic acids is 1. The molecule has 0 saturated heterocycles. The van der Waals surface area contributed by atoms with Gasteiger partial charge in [0.1, 0.15) is 11.5 Å². The van der Waals surface area contributed by atoms with Crippen LogP contribution in [-0.4, -0.2) is 30.1 Å². The van der Waals surface area contributed by atoms with E-state index in [4.69, 9.17) is 4.42 Å². The van der Waals surface area contributed by atoms with Crippen LogP contribution in [0.3, 0.4) is 0 Å². The van der Waals surface area contributed by atoms with Crippen molar-refractivity contribution in [1.82, 2.24) is 15.5 Å². The third-order valence-electron chi connectivity index (χ3n) is 5.23. The van der Waals surface area contributed by atoms with Crippen molar-refractivity contribution in [3.8, 4) is 0 Å². The van der Waals surface area contributed by atoms with Gasteiger partial charge in [0, 0.05) is 37.8 Å². The molecular formula is C21H29N3O2. The van der Waals surface area contributed by atoms with Gasteiger partial charge in [-0.05, 0) is 43.9 Å². The molecule has 0 radical (unpaired) electrons. The Morgan fingerprint density at radius 3 is 2.69 bits per heavy atom. The smallest absolute Gasteiger partial charge is 0.315 e. The fourth-order valence-corrected chi connectivity index (χ4v) is 3.67. The summed E-state index contributed by atoms with van der Waals surface area (Å²) in [5.41, 5.74) is 3.89. The highest BCUT2D eigenvalue weighted by Gasteiger charge is 2.22. The third-order valence-corrected chi connectivity index (χ3v) is 5.23. The Hall–Kier alpha value is -2.27. The van der Waals surface area contributed by atoms with Gasteiger partial charge in [-0.25, -0.2) is 4.79 Å². The van der Waals surface area contributed by atoms with E-state index in [2.05, 4.69) is 46.7 Å². The van der Waals surface area contributed by atoms with Gasteiger partial charge < -0.3 is 15.1 Å². The second kappa shape index (κ2) is 8.41. The minimum absolute atomic E-state index is 0.126. The Morgan fingerprint density at radius 2 is 2.00 bits per heavy atom. The fourth-order valence-electron chi connectivity index (χ4n) is 3.67. The van der Waals surface area contributed by atoms with Crippen LogP contribution < -0.4 is 10.6 Å². The van der Waals surface area contributed by atoms with Crippen molar-refractivity contribution in [1.29, 1.82) is 0 Å². The highest BCUT2D eigenvalue weighted by atomic mass is 16.3. The van der Waals surface area contributed by atoms with E-state index < -0.39 is 0 Å². The lowest BCUT2D eigenvalue weighted by atomic mass is 9.98. The first kappa shape index (κ1) is 18.5. The molecule has 1 aliphatic rings. The summed E-state index contributed by atoms with van der Waals surface area (Å²) in [6.07, 6.45) is 2.10. The van der Waals surface area contributed by atoms with Crippen LogP contribution in [0.2, 0.25) is 0 Å². The number of urea groups is 1. The maximum absolute atomic E-state index is 12.2. The number of rotatable bonds is 6. The first-order valence-electron chi connectivity index (χ1n) is 9.45. The minimum atomic E-state index is -0.126. The third kappa shape index (κ3) is 4.47. The molecule has 140 valence electrons. The van der Waals surface area contributed by atoms with Crippen LogP contribution in [-0.2, 0) is 19.5 Å². The van der Waals surface area contributed by atoms with Gasteiger partial charge in [-0.2, -0.15) is 0 Å². The number of furan rings is 1. The maximum Gasteiger partial charge on any atom is 0.315 e. The van der Waals surface area contributed by atoms with Crippen LogP contribution in [0.25, 0.3) is 0 Å². The number of hydrogen-bond donors (Lipinski definition) is 2. The standard InChI is InChI=1S/C21H29N3O2/c1-4-20(24-10-9-17-7-5-6-8-18(17)14-24)13-23-21(25)22-12-19-11-15(2)26-16(19)3/h5-8,11,20H,4,9-10,12-14H2,1-3H3,(H2,22,23,25). The first-order chi connectivity index (χ1) is 12.6. The number of aryl methyl sites for hydroxylation is 2. The summed E-state index contributed by atoms with van der Waals surface area (Å²) in [5, 5.41) is 5.95. The predicted molar refractivity (Wildman–Crippen MR) is 103 cm³/mol. The summed E-state index contributed by atoms with van der Waals surface area (Å²) < 4.78 is 5.49. The van der Waals surface area contributed by atoms with E-state index in [0.29, 0.717) is 19.1 Å². The number of nitrogens with zero attached hydrogens (tertiary/aromatic N) is 1. The molecule has 1 atom stereocenters. The van der Waals surface area contributed by atoms with Crippen LogP contribution >= 0.6 is 0 Å². The average Bonchev–Trinajstić information content (AvgIpc) is 2.97. The molecular weight excluding hydrogens is 326 g/mol. The SMILES string of the molecule is CCC(CNC(=O)NCc1cc(C)oc1C)N1CCc2ccccc2C1. The van der Waals surface area contributed by atoms with Crippen molar-refractivity contribution >= 4 is 6.03 Å². The summed E-state index contributed by atoms with van der Waals surface area (Å²) in [4.78, 5) is 14.6. The summed E-state index contributed by atoms with van der Waals surface area (Å²) in [6.45, 7) is 9.18. The molecule has 2 aromatic rings. The van der Waals surface area contributed by atoms with Gasteiger partial charge in [-0.3, -0.25) is 4.90 Å². The fraction of sp³-hybridized carbons (Fsp3) is 0.476. The van der Waals surface area contributed by atoms with Gasteiger partial charge in [-0.1, -0.05) is 31.2 Å². The van der Waals surface area contributed by atoms with Crippen LogP contribution in [0.5, 0.6) is 0 Å². The molecule has 1 aromatic heterocycles. The lowest BCUT2D eigenvalue weighted by molar-refractivity contribution is 0.169. The Bertz CT molecular complexity index is 753. The zero-order chi connectivity index (χ0) is 18.5. The van der Waals surface area contributed by atoms with Gasteiger partial charge in [0.05, 0.1) is 0 Å². The Morgan fingerprint density at radius 1 is 1.23 bits per heavy atom. The number of amides is 2. The summed E-state index contributed by atoms with van der Waals surface area (Å²) in [6, 6.07) is 10.8. The average molecular weight is 355 g/mol. The Kier molecular flexibility index (Phi) is 5.99. The molecule has 1 aliphatic heterocycles. The normalized spacial score (nSPS) is 15.3. The number of nitrogens with one attached hydrogen (secondary N) is 2. The Balaban J connectivity index is 1.48. The van der Waals surface area contributed by atoms with Crippen LogP contribution in [0.4, 0.5) is 4.79 Å². The van der Waals surface area contributed by atoms with Crippen LogP contribution in [0.15, 0.2) is 34.7 Å². The second-order valence-electron chi connectivity index (χ2n) is 7.05. The molecule has 2 amide bonds. The van der Waals surface area contributed by atoms with Gasteiger partial charge in [-0.15, -0.1) is 0 Å². The van der Waals surface area contributed by atoms with E-state index in [-0.39, 0.29) is 6.03 Å². The monoisotopic (exact) mass is 355 g/mol. The van der Waals surface area contributed by atoms with Crippen molar-refractivity contribution in [3.63, 3.8) is 0 Å². The molecule has 0 saturated carbocycles. The van der Waals surface area contributed by atoms with E-state index >= 15 is 0 Å². The first-order valence-corrected chi connectivity index (χ1v) is 9.45. The highest BCUT2D eigenvalue weighted by Crippen LogP contribution is 2.21. The molecule has 5 nitrogen and oxygen atoms in total. The molecule has 1 unspecified atom stereocenters. The number of carbonyl (C=O) groups is 1. The molecule has 5 heteroatoms. The van der Waals surface area contributed by atoms with Crippen molar-refractivity contribution in [2.24, 2.45) is 0 Å². The second-order valence-corrected chi connectivity index (χ2v) is 7.05. The summed E-state index contributed by atoms with van der Waals surface area (Å²) in [7, 11) is 0. The molecule has 0 spiro atoms. The van der Waals surface area contributed by atoms with Crippen LogP contribution in [0, 0.1) is 13.8 Å². The van der Waals surface area contributed by atoms with E-state index in [1.54, 1.807) is 0 Å². The molecule has 2 N–H and O–H groups in total. The molecule has 3 rings (SSSR count). The molecule has 0 aliphatic carbocycles. The number of benzene rings is 1. The quantitative estimate of drug-likeness (QED) is 0.833. The van der Waals surface area contributed by atoms with Crippen molar-refractivity contribution < 1.29 is 9.21 Å². The van der Waals surface area contributed by atoms with E-state index in [0.717, 1.165) is 43.0 Å². The van der Waals surface area contributed by atoms with Crippen molar-refractivity contribution in [2.45, 2.75) is 52.7 Å². The largest absolute Gasteiger partial charge is 0.466 e. The van der Waals surface area contributed by atoms with Crippen LogP contribution in [0.1, 0.15) is 41.6 Å². The van der Waals surface area contributed by atoms with E-state index in [1.807, 2.05) is 19.9 Å². The van der Waals surface area contributed by atoms with Crippen molar-refractivity contribution in [3.05, 3.63) is 58.5 Å². The minimum Gasteiger partial charge on any atom is -0.466 e. The summed E-state index contributed by atoms with van der Waals surface area (Å²) in [5.74, 6) is 1.73. The Labute approximate surface area is 155 Å². The van der Waals surface area contributed by atoms with Gasteiger partial charge in [0.2, 0.25) is 0 Å². The van der Waals surface area contributed by atoms with E-state index in [9.17, 15) is 4.79 Å². The molecule has 1 aromatic carbocycles. The zero-order valence-electron chi connectivity index (χ0n) is 16.0. The molecule has 26 heavy (non-hydrogen) atoms. The van der Waals surface area contributed by atoms with Gasteiger partial charge >= 0.3 is 6.03 Å². The van der Waals surface area contributed by atoms with Crippen molar-refractivity contribution in [2.75, 3.05) is 13.1 Å². The van der Waals surface area contributed by atoms with Gasteiger partial charge in [0.25, 0.3) is 0 Å². The summed E-state index contributed by atoms with van der Waals surface area (Å²) >= 11 is 0. The predicted octanol–water partition coefficient (Wildman–Crippen LogP) is 3.53. The number of fused-ring (bicyclic) bond motifs is 1. The zero-order valence-corrected chi connectivity index (χ0v) is 16.0. The molecule has 2 heterocycles. The van der Waals surface area contributed by atoms with E-state index in [1.165, 1.54) is 11.1 Å². The lowest BCUT2D eigenvalue weighted by Crippen LogP contribution is -2.47.